The van der Waals surface area contributed by atoms with Crippen LogP contribution in [0.2, 0.25) is 5.02 Å². The zero-order valence-electron chi connectivity index (χ0n) is 12.3. The van der Waals surface area contributed by atoms with Gasteiger partial charge in [-0.05, 0) is 25.1 Å². The number of methoxy groups -OCH3 is 1. The third-order valence-electron chi connectivity index (χ3n) is 2.77. The topological polar surface area (TPSA) is 110 Å². The van der Waals surface area contributed by atoms with Gasteiger partial charge in [-0.25, -0.2) is 4.79 Å². The Labute approximate surface area is 137 Å². The van der Waals surface area contributed by atoms with Crippen LogP contribution in [0.3, 0.4) is 0 Å². The molecule has 2 aromatic rings. The molecule has 8 nitrogen and oxygen atoms in total. The van der Waals surface area contributed by atoms with Crippen molar-refractivity contribution in [3.8, 4) is 5.75 Å². The first-order valence-electron chi connectivity index (χ1n) is 6.46. The van der Waals surface area contributed by atoms with Crippen LogP contribution in [0.4, 0.5) is 5.69 Å². The first-order valence-corrected chi connectivity index (χ1v) is 8.32. The molecule has 0 radical (unpaired) electrons. The van der Waals surface area contributed by atoms with E-state index in [9.17, 15) is 13.2 Å². The van der Waals surface area contributed by atoms with Gasteiger partial charge in [0.1, 0.15) is 11.3 Å². The monoisotopic (exact) mass is 359 g/mol. The second kappa shape index (κ2) is 6.88. The molecule has 0 saturated heterocycles. The minimum Gasteiger partial charge on any atom is -0.495 e. The summed E-state index contributed by atoms with van der Waals surface area (Å²) >= 11 is 5.95. The molecule has 124 valence electrons. The van der Waals surface area contributed by atoms with E-state index in [1.54, 1.807) is 6.92 Å². The van der Waals surface area contributed by atoms with Gasteiger partial charge >= 0.3 is 5.97 Å². The molecule has 1 aromatic heterocycles. The lowest BCUT2D eigenvalue weighted by Crippen LogP contribution is -2.17. The fourth-order valence-electron chi connectivity index (χ4n) is 1.77. The van der Waals surface area contributed by atoms with Gasteiger partial charge in [0.25, 0.3) is 10.0 Å². The van der Waals surface area contributed by atoms with Crippen molar-refractivity contribution in [1.29, 1.82) is 0 Å². The number of carbonyl (C=O) groups is 1. The molecule has 0 amide bonds. The van der Waals surface area contributed by atoms with E-state index in [1.807, 2.05) is 0 Å². The van der Waals surface area contributed by atoms with Gasteiger partial charge in [0.15, 0.2) is 5.03 Å². The lowest BCUT2D eigenvalue weighted by molar-refractivity contribution is 0.0522. The lowest BCUT2D eigenvalue weighted by Gasteiger charge is -2.10. The van der Waals surface area contributed by atoms with E-state index in [1.165, 1.54) is 25.3 Å². The minimum absolute atomic E-state index is 0.116. The van der Waals surface area contributed by atoms with E-state index in [-0.39, 0.29) is 27.9 Å². The van der Waals surface area contributed by atoms with Crippen LogP contribution in [0.15, 0.2) is 29.4 Å². The number of ether oxygens (including phenoxy) is 2. The van der Waals surface area contributed by atoms with E-state index < -0.39 is 16.0 Å². The molecule has 0 fully saturated rings. The number of anilines is 1. The molecule has 10 heteroatoms. The first-order chi connectivity index (χ1) is 10.9. The van der Waals surface area contributed by atoms with Crippen LogP contribution < -0.4 is 9.46 Å². The Morgan fingerprint density at radius 3 is 2.78 bits per heavy atom. The molecule has 0 aliphatic carbocycles. The van der Waals surface area contributed by atoms with Crippen LogP contribution in [0.1, 0.15) is 17.3 Å². The van der Waals surface area contributed by atoms with E-state index in [0.29, 0.717) is 5.75 Å². The summed E-state index contributed by atoms with van der Waals surface area (Å²) in [5, 5.41) is 5.72. The quantitative estimate of drug-likeness (QED) is 0.764. The number of benzene rings is 1. The molecule has 0 unspecified atom stereocenters. The Morgan fingerprint density at radius 1 is 1.43 bits per heavy atom. The highest BCUT2D eigenvalue weighted by atomic mass is 35.5. The van der Waals surface area contributed by atoms with Crippen molar-refractivity contribution in [2.75, 3.05) is 18.4 Å². The molecular formula is C13H14ClN3O5S. The lowest BCUT2D eigenvalue weighted by atomic mass is 10.3. The Hall–Kier alpha value is -2.26. The largest absolute Gasteiger partial charge is 0.495 e. The average Bonchev–Trinajstić information content (AvgIpc) is 2.98. The zero-order valence-corrected chi connectivity index (χ0v) is 13.9. The Bertz CT molecular complexity index is 819. The molecule has 2 rings (SSSR count). The number of halogens is 1. The van der Waals surface area contributed by atoms with Crippen LogP contribution in [0.25, 0.3) is 0 Å². The zero-order chi connectivity index (χ0) is 17.0. The maximum Gasteiger partial charge on any atom is 0.342 e. The summed E-state index contributed by atoms with van der Waals surface area (Å²) in [6.45, 7) is 1.73. The molecule has 0 aliphatic heterocycles. The molecule has 0 saturated carbocycles. The van der Waals surface area contributed by atoms with Crippen molar-refractivity contribution >= 4 is 33.3 Å². The average molecular weight is 360 g/mol. The summed E-state index contributed by atoms with van der Waals surface area (Å²) in [6.07, 6.45) is 1.09. The molecule has 23 heavy (non-hydrogen) atoms. The summed E-state index contributed by atoms with van der Waals surface area (Å²) in [4.78, 5) is 11.8. The van der Waals surface area contributed by atoms with Gasteiger partial charge in [0.2, 0.25) is 0 Å². The highest BCUT2D eigenvalue weighted by Crippen LogP contribution is 2.28. The van der Waals surface area contributed by atoms with Crippen LogP contribution in [0.5, 0.6) is 5.75 Å². The van der Waals surface area contributed by atoms with Crippen LogP contribution in [0, 0.1) is 0 Å². The third kappa shape index (κ3) is 3.74. The van der Waals surface area contributed by atoms with Crippen molar-refractivity contribution in [3.05, 3.63) is 35.0 Å². The van der Waals surface area contributed by atoms with Crippen molar-refractivity contribution in [1.82, 2.24) is 10.2 Å². The number of sulfonamides is 1. The number of H-pyrrole nitrogens is 1. The molecule has 0 spiro atoms. The van der Waals surface area contributed by atoms with Gasteiger partial charge in [-0.3, -0.25) is 9.82 Å². The number of nitrogens with zero attached hydrogens (tertiary/aromatic N) is 1. The maximum atomic E-state index is 12.4. The number of rotatable bonds is 6. The second-order valence-corrected chi connectivity index (χ2v) is 6.31. The van der Waals surface area contributed by atoms with Gasteiger partial charge in [-0.15, -0.1) is 0 Å². The molecule has 0 atom stereocenters. The van der Waals surface area contributed by atoms with E-state index in [0.717, 1.165) is 6.20 Å². The molecule has 1 aromatic carbocycles. The Morgan fingerprint density at radius 2 is 2.17 bits per heavy atom. The fraction of sp³-hybridized carbons (Fsp3) is 0.231. The van der Waals surface area contributed by atoms with Crippen molar-refractivity contribution in [3.63, 3.8) is 0 Å². The Balaban J connectivity index is 2.31. The normalized spacial score (nSPS) is 11.1. The summed E-state index contributed by atoms with van der Waals surface area (Å²) in [6, 6.07) is 4.38. The molecular weight excluding hydrogens is 346 g/mol. The number of nitrogens with one attached hydrogen (secondary N) is 2. The summed E-state index contributed by atoms with van der Waals surface area (Å²) < 4.78 is 36.9. The molecule has 2 N–H and O–H groups in total. The molecule has 1 heterocycles. The highest BCUT2D eigenvalue weighted by molar-refractivity contribution is 7.92. The van der Waals surface area contributed by atoms with E-state index >= 15 is 0 Å². The SMILES string of the molecule is CCOC(=O)c1cn[nH]c1S(=O)(=O)Nc1ccc(OC)c(Cl)c1. The smallest absolute Gasteiger partial charge is 0.342 e. The predicted octanol–water partition coefficient (Wildman–Crippen LogP) is 2.05. The number of hydrogen-bond acceptors (Lipinski definition) is 6. The van der Waals surface area contributed by atoms with Crippen molar-refractivity contribution in [2.24, 2.45) is 0 Å². The minimum atomic E-state index is -4.07. The number of carbonyl (C=O) groups excluding carboxylic acids is 1. The number of esters is 1. The standard InChI is InChI=1S/C13H14ClN3O5S/c1-3-22-13(18)9-7-15-16-12(9)23(19,20)17-8-4-5-11(21-2)10(14)6-8/h4-7,17H,3H2,1-2H3,(H,15,16). The van der Waals surface area contributed by atoms with Crippen LogP contribution >= 0.6 is 11.6 Å². The third-order valence-corrected chi connectivity index (χ3v) is 4.42. The van der Waals surface area contributed by atoms with Crippen LogP contribution in [-0.2, 0) is 14.8 Å². The number of hydrogen-bond donors (Lipinski definition) is 2. The fourth-order valence-corrected chi connectivity index (χ4v) is 3.16. The van der Waals surface area contributed by atoms with Crippen molar-refractivity contribution < 1.29 is 22.7 Å². The maximum absolute atomic E-state index is 12.4. The Kier molecular flexibility index (Phi) is 5.12. The van der Waals surface area contributed by atoms with Gasteiger partial charge < -0.3 is 9.47 Å². The number of aromatic amines is 1. The number of aromatic nitrogens is 2. The second-order valence-electron chi connectivity index (χ2n) is 4.29. The predicted molar refractivity (Wildman–Crippen MR) is 83.4 cm³/mol. The summed E-state index contributed by atoms with van der Waals surface area (Å²) in [7, 11) is -2.62. The first kappa shape index (κ1) is 17.1. The summed E-state index contributed by atoms with van der Waals surface area (Å²) in [5.41, 5.74) is 0.0270. The van der Waals surface area contributed by atoms with Crippen LogP contribution in [-0.4, -0.2) is 38.3 Å². The van der Waals surface area contributed by atoms with Crippen molar-refractivity contribution in [2.45, 2.75) is 11.9 Å². The molecule has 0 bridgehead atoms. The van der Waals surface area contributed by atoms with Gasteiger partial charge in [0.05, 0.1) is 30.6 Å². The summed E-state index contributed by atoms with van der Waals surface area (Å²) in [5.74, 6) is -0.377. The highest BCUT2D eigenvalue weighted by Gasteiger charge is 2.26. The van der Waals surface area contributed by atoms with Gasteiger partial charge in [-0.1, -0.05) is 11.6 Å². The van der Waals surface area contributed by atoms with E-state index in [4.69, 9.17) is 21.1 Å². The van der Waals surface area contributed by atoms with Gasteiger partial charge in [-0.2, -0.15) is 13.5 Å². The van der Waals surface area contributed by atoms with Gasteiger partial charge in [0, 0.05) is 0 Å². The van der Waals surface area contributed by atoms with E-state index in [2.05, 4.69) is 14.9 Å². The molecule has 0 aliphatic rings.